The van der Waals surface area contributed by atoms with Crippen molar-refractivity contribution >= 4 is 16.9 Å². The van der Waals surface area contributed by atoms with Crippen LogP contribution in [-0.2, 0) is 12.8 Å². The van der Waals surface area contributed by atoms with Crippen LogP contribution in [0.2, 0.25) is 0 Å². The first-order chi connectivity index (χ1) is 12.2. The first kappa shape index (κ1) is 15.7. The van der Waals surface area contributed by atoms with Gasteiger partial charge in [0.2, 0.25) is 0 Å². The molecule has 0 unspecified atom stereocenters. The van der Waals surface area contributed by atoms with E-state index < -0.39 is 0 Å². The van der Waals surface area contributed by atoms with E-state index in [2.05, 4.69) is 19.9 Å². The van der Waals surface area contributed by atoms with Crippen molar-refractivity contribution in [3.63, 3.8) is 0 Å². The molecule has 0 bridgehead atoms. The summed E-state index contributed by atoms with van der Waals surface area (Å²) >= 11 is 0. The number of nitrogens with one attached hydrogen (secondary N) is 1. The van der Waals surface area contributed by atoms with Crippen LogP contribution in [0.5, 0.6) is 0 Å². The van der Waals surface area contributed by atoms with Gasteiger partial charge in [-0.1, -0.05) is 12.1 Å². The number of hydrogen-bond acceptors (Lipinski definition) is 5. The van der Waals surface area contributed by atoms with Crippen molar-refractivity contribution in [2.75, 3.05) is 18.0 Å². The Kier molecular flexibility index (Phi) is 4.17. The highest BCUT2D eigenvalue weighted by Gasteiger charge is 2.15. The third kappa shape index (κ3) is 3.38. The average Bonchev–Trinajstić information content (AvgIpc) is 3.14. The first-order valence-electron chi connectivity index (χ1n) is 8.76. The molecular weight excluding hydrogens is 314 g/mol. The molecule has 1 saturated heterocycles. The molecule has 0 amide bonds. The molecule has 6 heteroatoms. The van der Waals surface area contributed by atoms with Crippen molar-refractivity contribution in [3.8, 4) is 0 Å². The Bertz CT molecular complexity index is 959. The maximum Gasteiger partial charge on any atom is 0.252 e. The van der Waals surface area contributed by atoms with Crippen LogP contribution in [0.25, 0.3) is 11.0 Å². The van der Waals surface area contributed by atoms with Crippen molar-refractivity contribution in [1.29, 1.82) is 0 Å². The van der Waals surface area contributed by atoms with E-state index in [0.29, 0.717) is 18.7 Å². The van der Waals surface area contributed by atoms with Gasteiger partial charge in [0.15, 0.2) is 0 Å². The lowest BCUT2D eigenvalue weighted by Gasteiger charge is -2.16. The molecule has 1 fully saturated rings. The van der Waals surface area contributed by atoms with Gasteiger partial charge in [0.05, 0.1) is 22.4 Å². The molecule has 25 heavy (non-hydrogen) atoms. The minimum atomic E-state index is -0.0896. The van der Waals surface area contributed by atoms with Gasteiger partial charge in [0, 0.05) is 25.6 Å². The summed E-state index contributed by atoms with van der Waals surface area (Å²) in [5, 5.41) is 0. The van der Waals surface area contributed by atoms with Crippen LogP contribution in [0.4, 0.5) is 5.82 Å². The molecule has 128 valence electrons. The second-order valence-corrected chi connectivity index (χ2v) is 6.49. The van der Waals surface area contributed by atoms with Gasteiger partial charge in [-0.3, -0.25) is 4.79 Å². The molecule has 1 aromatic carbocycles. The number of para-hydroxylation sites is 2. The summed E-state index contributed by atoms with van der Waals surface area (Å²) in [5.74, 6) is 1.50. The quantitative estimate of drug-likeness (QED) is 0.792. The number of H-pyrrole nitrogens is 1. The summed E-state index contributed by atoms with van der Waals surface area (Å²) in [6, 6.07) is 9.47. The van der Waals surface area contributed by atoms with Crippen molar-refractivity contribution in [2.45, 2.75) is 32.6 Å². The highest BCUT2D eigenvalue weighted by atomic mass is 16.1. The van der Waals surface area contributed by atoms with E-state index in [4.69, 9.17) is 4.98 Å². The fraction of sp³-hybridized carbons (Fsp3) is 0.368. The number of fused-ring (bicyclic) bond motifs is 1. The second kappa shape index (κ2) is 6.63. The Hall–Kier alpha value is -2.76. The maximum absolute atomic E-state index is 12.0. The summed E-state index contributed by atoms with van der Waals surface area (Å²) in [5.41, 5.74) is 3.60. The van der Waals surface area contributed by atoms with Gasteiger partial charge in [0.1, 0.15) is 11.6 Å². The van der Waals surface area contributed by atoms with Crippen LogP contribution >= 0.6 is 0 Å². The average molecular weight is 335 g/mol. The van der Waals surface area contributed by atoms with Crippen LogP contribution in [-0.4, -0.2) is 33.0 Å². The standard InChI is InChI=1S/C19H21N5O/c1-13-14(21-16-7-3-2-6-15(16)20-13)8-9-17-22-18(12-19(25)23-17)24-10-4-5-11-24/h2-3,6-7,12H,4-5,8-11H2,1H3,(H,22,23,25). The largest absolute Gasteiger partial charge is 0.356 e. The Morgan fingerprint density at radius 2 is 1.76 bits per heavy atom. The fourth-order valence-electron chi connectivity index (χ4n) is 3.32. The SMILES string of the molecule is Cc1nc2ccccc2nc1CCc1nc(N2CCCC2)cc(=O)[nH]1. The molecule has 1 N–H and O–H groups in total. The lowest BCUT2D eigenvalue weighted by Crippen LogP contribution is -2.23. The van der Waals surface area contributed by atoms with E-state index in [-0.39, 0.29) is 5.56 Å². The topological polar surface area (TPSA) is 74.8 Å². The smallest absolute Gasteiger partial charge is 0.252 e. The zero-order valence-corrected chi connectivity index (χ0v) is 14.3. The van der Waals surface area contributed by atoms with Crippen molar-refractivity contribution < 1.29 is 0 Å². The van der Waals surface area contributed by atoms with Gasteiger partial charge in [-0.2, -0.15) is 0 Å². The fourth-order valence-corrected chi connectivity index (χ4v) is 3.32. The van der Waals surface area contributed by atoms with Gasteiger partial charge in [-0.25, -0.2) is 15.0 Å². The number of aromatic nitrogens is 4. The minimum Gasteiger partial charge on any atom is -0.356 e. The number of rotatable bonds is 4. The third-order valence-electron chi connectivity index (χ3n) is 4.65. The van der Waals surface area contributed by atoms with Crippen LogP contribution < -0.4 is 10.5 Å². The highest BCUT2D eigenvalue weighted by Crippen LogP contribution is 2.17. The number of nitrogens with zero attached hydrogens (tertiary/aromatic N) is 4. The van der Waals surface area contributed by atoms with Crippen molar-refractivity contribution in [2.24, 2.45) is 0 Å². The minimum absolute atomic E-state index is 0.0896. The zero-order valence-electron chi connectivity index (χ0n) is 14.3. The Morgan fingerprint density at radius 1 is 1.04 bits per heavy atom. The second-order valence-electron chi connectivity index (χ2n) is 6.49. The molecule has 3 aromatic rings. The number of hydrogen-bond donors (Lipinski definition) is 1. The van der Waals surface area contributed by atoms with Gasteiger partial charge in [0.25, 0.3) is 5.56 Å². The Labute approximate surface area is 146 Å². The summed E-state index contributed by atoms with van der Waals surface area (Å²) in [6.07, 6.45) is 3.67. The predicted octanol–water partition coefficient (Wildman–Crippen LogP) is 2.41. The van der Waals surface area contributed by atoms with Gasteiger partial charge in [-0.05, 0) is 38.3 Å². The molecule has 0 atom stereocenters. The summed E-state index contributed by atoms with van der Waals surface area (Å²) in [4.78, 5) is 31.0. The van der Waals surface area contributed by atoms with Crippen LogP contribution in [0, 0.1) is 6.92 Å². The van der Waals surface area contributed by atoms with E-state index in [1.807, 2.05) is 31.2 Å². The molecule has 3 heterocycles. The zero-order chi connectivity index (χ0) is 17.2. The molecular formula is C19H21N5O. The molecule has 1 aliphatic heterocycles. The Morgan fingerprint density at radius 3 is 2.52 bits per heavy atom. The van der Waals surface area contributed by atoms with Crippen LogP contribution in [0.3, 0.4) is 0 Å². The molecule has 6 nitrogen and oxygen atoms in total. The summed E-state index contributed by atoms with van der Waals surface area (Å²) < 4.78 is 0. The molecule has 0 aliphatic carbocycles. The Balaban J connectivity index is 1.57. The first-order valence-corrected chi connectivity index (χ1v) is 8.76. The number of benzene rings is 1. The van der Waals surface area contributed by atoms with Gasteiger partial charge in [-0.15, -0.1) is 0 Å². The summed E-state index contributed by atoms with van der Waals surface area (Å²) in [7, 11) is 0. The van der Waals surface area contributed by atoms with E-state index in [9.17, 15) is 4.79 Å². The van der Waals surface area contributed by atoms with Crippen molar-refractivity contribution in [1.82, 2.24) is 19.9 Å². The molecule has 1 aliphatic rings. The number of anilines is 1. The molecule has 0 spiro atoms. The normalized spacial score (nSPS) is 14.4. The predicted molar refractivity (Wildman–Crippen MR) is 98.0 cm³/mol. The van der Waals surface area contributed by atoms with Crippen molar-refractivity contribution in [3.05, 3.63) is 57.9 Å². The van der Waals surface area contributed by atoms with Crippen LogP contribution in [0.15, 0.2) is 35.1 Å². The third-order valence-corrected chi connectivity index (χ3v) is 4.65. The lowest BCUT2D eigenvalue weighted by atomic mass is 10.1. The maximum atomic E-state index is 12.0. The molecule has 0 radical (unpaired) electrons. The summed E-state index contributed by atoms with van der Waals surface area (Å²) in [6.45, 7) is 3.93. The van der Waals surface area contributed by atoms with E-state index in [0.717, 1.165) is 54.2 Å². The highest BCUT2D eigenvalue weighted by molar-refractivity contribution is 5.74. The van der Waals surface area contributed by atoms with Crippen LogP contribution in [0.1, 0.15) is 30.1 Å². The molecule has 2 aromatic heterocycles. The monoisotopic (exact) mass is 335 g/mol. The molecule has 4 rings (SSSR count). The van der Waals surface area contributed by atoms with Gasteiger partial charge >= 0.3 is 0 Å². The van der Waals surface area contributed by atoms with Gasteiger partial charge < -0.3 is 9.88 Å². The van der Waals surface area contributed by atoms with E-state index in [1.165, 1.54) is 0 Å². The van der Waals surface area contributed by atoms with E-state index >= 15 is 0 Å². The molecule has 0 saturated carbocycles. The number of aryl methyl sites for hydroxylation is 3. The number of aromatic amines is 1. The van der Waals surface area contributed by atoms with E-state index in [1.54, 1.807) is 6.07 Å². The lowest BCUT2D eigenvalue weighted by molar-refractivity contribution is 0.804.